The SMILES string of the molecule is CC(C)Cn1ccnc(NCC(N)c2ccccc2)c1=O. The Kier molecular flexibility index (Phi) is 5.11. The summed E-state index contributed by atoms with van der Waals surface area (Å²) < 4.78 is 1.67. The fourth-order valence-electron chi connectivity index (χ4n) is 2.13. The van der Waals surface area contributed by atoms with Crippen LogP contribution in [0.25, 0.3) is 0 Å². The summed E-state index contributed by atoms with van der Waals surface area (Å²) in [5.74, 6) is 0.758. The van der Waals surface area contributed by atoms with Crippen molar-refractivity contribution in [3.05, 3.63) is 58.6 Å². The van der Waals surface area contributed by atoms with E-state index in [4.69, 9.17) is 5.73 Å². The van der Waals surface area contributed by atoms with Gasteiger partial charge in [0.1, 0.15) is 0 Å². The molecule has 2 rings (SSSR count). The van der Waals surface area contributed by atoms with Gasteiger partial charge < -0.3 is 15.6 Å². The maximum absolute atomic E-state index is 12.3. The summed E-state index contributed by atoms with van der Waals surface area (Å²) in [5.41, 5.74) is 7.04. The number of benzene rings is 1. The first-order chi connectivity index (χ1) is 10.1. The predicted octanol–water partition coefficient (Wildman–Crippen LogP) is 2.01. The number of rotatable bonds is 6. The zero-order valence-corrected chi connectivity index (χ0v) is 12.5. The molecule has 21 heavy (non-hydrogen) atoms. The number of hydrogen-bond donors (Lipinski definition) is 2. The molecule has 2 aromatic rings. The molecule has 0 radical (unpaired) electrons. The Morgan fingerprint density at radius 2 is 2.00 bits per heavy atom. The lowest BCUT2D eigenvalue weighted by atomic mass is 10.1. The summed E-state index contributed by atoms with van der Waals surface area (Å²) in [6, 6.07) is 9.62. The van der Waals surface area contributed by atoms with Gasteiger partial charge >= 0.3 is 0 Å². The standard InChI is InChI=1S/C16H22N4O/c1-12(2)11-20-9-8-18-15(16(20)21)19-10-14(17)13-6-4-3-5-7-13/h3-9,12,14H,10-11,17H2,1-2H3,(H,18,19). The van der Waals surface area contributed by atoms with Gasteiger partial charge in [0.25, 0.3) is 5.56 Å². The van der Waals surface area contributed by atoms with Gasteiger partial charge in [0.2, 0.25) is 0 Å². The second kappa shape index (κ2) is 7.04. The molecule has 0 bridgehead atoms. The van der Waals surface area contributed by atoms with Crippen LogP contribution in [0.5, 0.6) is 0 Å². The molecule has 1 unspecified atom stereocenters. The minimum absolute atomic E-state index is 0.105. The fourth-order valence-corrected chi connectivity index (χ4v) is 2.13. The predicted molar refractivity (Wildman–Crippen MR) is 85.2 cm³/mol. The van der Waals surface area contributed by atoms with Crippen molar-refractivity contribution in [1.29, 1.82) is 0 Å². The second-order valence-corrected chi connectivity index (χ2v) is 5.53. The van der Waals surface area contributed by atoms with Crippen LogP contribution in [-0.2, 0) is 6.54 Å². The molecule has 5 nitrogen and oxygen atoms in total. The average Bonchev–Trinajstić information content (AvgIpc) is 2.48. The van der Waals surface area contributed by atoms with E-state index in [1.165, 1.54) is 0 Å². The second-order valence-electron chi connectivity index (χ2n) is 5.53. The topological polar surface area (TPSA) is 72.9 Å². The summed E-state index contributed by atoms with van der Waals surface area (Å²) in [4.78, 5) is 16.4. The van der Waals surface area contributed by atoms with Crippen LogP contribution in [0.15, 0.2) is 47.5 Å². The first-order valence-electron chi connectivity index (χ1n) is 7.17. The Labute approximate surface area is 124 Å². The zero-order valence-electron chi connectivity index (χ0n) is 12.5. The van der Waals surface area contributed by atoms with Crippen molar-refractivity contribution in [2.45, 2.75) is 26.4 Å². The summed E-state index contributed by atoms with van der Waals surface area (Å²) in [7, 11) is 0. The molecule has 0 fully saturated rings. The molecule has 3 N–H and O–H groups in total. The molecule has 5 heteroatoms. The Morgan fingerprint density at radius 3 is 2.67 bits per heavy atom. The van der Waals surface area contributed by atoms with Crippen LogP contribution in [0, 0.1) is 5.92 Å². The van der Waals surface area contributed by atoms with E-state index in [1.807, 2.05) is 30.3 Å². The number of hydrogen-bond acceptors (Lipinski definition) is 4. The maximum Gasteiger partial charge on any atom is 0.293 e. The molecule has 1 aromatic carbocycles. The van der Waals surface area contributed by atoms with Gasteiger partial charge in [-0.15, -0.1) is 0 Å². The Balaban J connectivity index is 2.05. The summed E-state index contributed by atoms with van der Waals surface area (Å²) >= 11 is 0. The number of anilines is 1. The van der Waals surface area contributed by atoms with Crippen LogP contribution >= 0.6 is 0 Å². The molecule has 0 aliphatic heterocycles. The highest BCUT2D eigenvalue weighted by molar-refractivity contribution is 5.32. The fraction of sp³-hybridized carbons (Fsp3) is 0.375. The van der Waals surface area contributed by atoms with E-state index in [0.717, 1.165) is 5.56 Å². The molecular formula is C16H22N4O. The van der Waals surface area contributed by atoms with E-state index in [9.17, 15) is 4.79 Å². The molecule has 1 heterocycles. The number of nitrogens with one attached hydrogen (secondary N) is 1. The van der Waals surface area contributed by atoms with Gasteiger partial charge in [0.05, 0.1) is 0 Å². The lowest BCUT2D eigenvalue weighted by Crippen LogP contribution is -2.29. The van der Waals surface area contributed by atoms with E-state index >= 15 is 0 Å². The van der Waals surface area contributed by atoms with Crippen molar-refractivity contribution >= 4 is 5.82 Å². The van der Waals surface area contributed by atoms with Crippen molar-refractivity contribution in [3.8, 4) is 0 Å². The molecule has 1 aromatic heterocycles. The first kappa shape index (κ1) is 15.3. The molecule has 1 atom stereocenters. The van der Waals surface area contributed by atoms with Crippen LogP contribution in [0.2, 0.25) is 0 Å². The highest BCUT2D eigenvalue weighted by atomic mass is 16.1. The highest BCUT2D eigenvalue weighted by Crippen LogP contribution is 2.09. The Morgan fingerprint density at radius 1 is 1.29 bits per heavy atom. The van der Waals surface area contributed by atoms with Crippen LogP contribution in [0.4, 0.5) is 5.82 Å². The number of aromatic nitrogens is 2. The number of nitrogens with two attached hydrogens (primary N) is 1. The Bertz CT molecular complexity index is 622. The lowest BCUT2D eigenvalue weighted by molar-refractivity contribution is 0.509. The van der Waals surface area contributed by atoms with Crippen LogP contribution in [0.3, 0.4) is 0 Å². The quantitative estimate of drug-likeness (QED) is 0.852. The van der Waals surface area contributed by atoms with Crippen LogP contribution < -0.4 is 16.6 Å². The van der Waals surface area contributed by atoms with Gasteiger partial charge in [-0.1, -0.05) is 44.2 Å². The van der Waals surface area contributed by atoms with Gasteiger partial charge in [-0.3, -0.25) is 4.79 Å². The molecule has 112 valence electrons. The highest BCUT2D eigenvalue weighted by Gasteiger charge is 2.09. The van der Waals surface area contributed by atoms with E-state index in [1.54, 1.807) is 17.0 Å². The summed E-state index contributed by atoms with van der Waals surface area (Å²) in [6.45, 7) is 5.30. The lowest BCUT2D eigenvalue weighted by Gasteiger charge is -2.14. The molecule has 0 spiro atoms. The Hall–Kier alpha value is -2.14. The van der Waals surface area contributed by atoms with Gasteiger partial charge in [-0.2, -0.15) is 0 Å². The molecule has 0 aliphatic rings. The van der Waals surface area contributed by atoms with E-state index in [2.05, 4.69) is 24.1 Å². The third-order valence-electron chi connectivity index (χ3n) is 3.19. The van der Waals surface area contributed by atoms with Gasteiger partial charge in [0.15, 0.2) is 5.82 Å². The van der Waals surface area contributed by atoms with Gasteiger partial charge in [0, 0.05) is 31.5 Å². The van der Waals surface area contributed by atoms with Crippen molar-refractivity contribution < 1.29 is 0 Å². The minimum Gasteiger partial charge on any atom is -0.364 e. The van der Waals surface area contributed by atoms with Crippen molar-refractivity contribution in [1.82, 2.24) is 9.55 Å². The normalized spacial score (nSPS) is 12.4. The first-order valence-corrected chi connectivity index (χ1v) is 7.17. The molecule has 0 aliphatic carbocycles. The van der Waals surface area contributed by atoms with E-state index < -0.39 is 0 Å². The van der Waals surface area contributed by atoms with E-state index in [-0.39, 0.29) is 11.6 Å². The van der Waals surface area contributed by atoms with Crippen molar-refractivity contribution in [3.63, 3.8) is 0 Å². The maximum atomic E-state index is 12.3. The summed E-state index contributed by atoms with van der Waals surface area (Å²) in [5, 5.41) is 3.06. The molecular weight excluding hydrogens is 264 g/mol. The minimum atomic E-state index is -0.175. The van der Waals surface area contributed by atoms with Crippen LogP contribution in [0.1, 0.15) is 25.5 Å². The van der Waals surface area contributed by atoms with E-state index in [0.29, 0.717) is 24.8 Å². The van der Waals surface area contributed by atoms with Gasteiger partial charge in [-0.05, 0) is 11.5 Å². The third-order valence-corrected chi connectivity index (χ3v) is 3.19. The molecule has 0 saturated heterocycles. The van der Waals surface area contributed by atoms with Crippen molar-refractivity contribution in [2.24, 2.45) is 11.7 Å². The van der Waals surface area contributed by atoms with Crippen LogP contribution in [-0.4, -0.2) is 16.1 Å². The monoisotopic (exact) mass is 286 g/mol. The van der Waals surface area contributed by atoms with Crippen molar-refractivity contribution in [2.75, 3.05) is 11.9 Å². The molecule has 0 amide bonds. The molecule has 0 saturated carbocycles. The average molecular weight is 286 g/mol. The zero-order chi connectivity index (χ0) is 15.2. The number of nitrogens with zero attached hydrogens (tertiary/aromatic N) is 2. The van der Waals surface area contributed by atoms with Gasteiger partial charge in [-0.25, -0.2) is 4.98 Å². The largest absolute Gasteiger partial charge is 0.364 e. The summed E-state index contributed by atoms with van der Waals surface area (Å²) in [6.07, 6.45) is 3.35. The smallest absolute Gasteiger partial charge is 0.293 e. The third kappa shape index (κ3) is 4.16.